The van der Waals surface area contributed by atoms with Gasteiger partial charge in [-0.1, -0.05) is 6.07 Å². The fourth-order valence-corrected chi connectivity index (χ4v) is 3.35. The maximum atomic E-state index is 6.05. The summed E-state index contributed by atoms with van der Waals surface area (Å²) < 4.78 is 13.1. The molecule has 5 rings (SSSR count). The monoisotopic (exact) mass is 331 g/mol. The fourth-order valence-electron chi connectivity index (χ4n) is 3.35. The van der Waals surface area contributed by atoms with E-state index in [2.05, 4.69) is 22.2 Å². The second-order valence-electron chi connectivity index (χ2n) is 6.32. The zero-order valence-corrected chi connectivity index (χ0v) is 13.7. The van der Waals surface area contributed by atoms with Gasteiger partial charge >= 0.3 is 0 Å². The van der Waals surface area contributed by atoms with Crippen LogP contribution in [0.1, 0.15) is 24.0 Å². The molecule has 0 spiro atoms. The first-order valence-electron chi connectivity index (χ1n) is 8.55. The third kappa shape index (κ3) is 2.67. The SMILES string of the molecule is c1coc(-c2nc3cc(Oc4ccc5c(c4)CCCC5)ccn3n2)c1. The first-order chi connectivity index (χ1) is 12.3. The Bertz CT molecular complexity index is 1030. The van der Waals surface area contributed by atoms with Gasteiger partial charge < -0.3 is 9.15 Å². The van der Waals surface area contributed by atoms with Crippen LogP contribution < -0.4 is 4.74 Å². The molecule has 3 heterocycles. The van der Waals surface area contributed by atoms with Crippen LogP contribution in [-0.4, -0.2) is 14.6 Å². The molecule has 0 atom stereocenters. The summed E-state index contributed by atoms with van der Waals surface area (Å²) in [6.45, 7) is 0. The van der Waals surface area contributed by atoms with E-state index in [4.69, 9.17) is 9.15 Å². The predicted octanol–water partition coefficient (Wildman–Crippen LogP) is 4.66. The number of nitrogens with zero attached hydrogens (tertiary/aromatic N) is 3. The van der Waals surface area contributed by atoms with Crippen LogP contribution in [0.25, 0.3) is 17.2 Å². The number of ether oxygens (including phenoxy) is 1. The Balaban J connectivity index is 1.45. The normalized spacial score (nSPS) is 13.8. The van der Waals surface area contributed by atoms with Gasteiger partial charge in [0.05, 0.1) is 6.26 Å². The smallest absolute Gasteiger partial charge is 0.217 e. The van der Waals surface area contributed by atoms with Gasteiger partial charge in [0, 0.05) is 12.3 Å². The van der Waals surface area contributed by atoms with E-state index in [-0.39, 0.29) is 0 Å². The highest BCUT2D eigenvalue weighted by molar-refractivity contribution is 5.54. The highest BCUT2D eigenvalue weighted by Crippen LogP contribution is 2.29. The van der Waals surface area contributed by atoms with Crippen molar-refractivity contribution in [3.63, 3.8) is 0 Å². The number of hydrogen-bond donors (Lipinski definition) is 0. The van der Waals surface area contributed by atoms with Crippen molar-refractivity contribution in [1.82, 2.24) is 14.6 Å². The lowest BCUT2D eigenvalue weighted by Gasteiger charge is -2.16. The summed E-state index contributed by atoms with van der Waals surface area (Å²) in [5, 5.41) is 4.42. The van der Waals surface area contributed by atoms with E-state index in [1.807, 2.05) is 36.5 Å². The number of fused-ring (bicyclic) bond motifs is 2. The highest BCUT2D eigenvalue weighted by Gasteiger charge is 2.12. The second kappa shape index (κ2) is 5.77. The molecule has 0 bridgehead atoms. The van der Waals surface area contributed by atoms with Gasteiger partial charge in [-0.05, 0) is 67.1 Å². The van der Waals surface area contributed by atoms with Gasteiger partial charge in [-0.15, -0.1) is 5.10 Å². The molecule has 0 radical (unpaired) electrons. The lowest BCUT2D eigenvalue weighted by atomic mass is 9.92. The molecule has 5 nitrogen and oxygen atoms in total. The van der Waals surface area contributed by atoms with Gasteiger partial charge in [-0.2, -0.15) is 0 Å². The average Bonchev–Trinajstić information content (AvgIpc) is 3.30. The van der Waals surface area contributed by atoms with Crippen LogP contribution in [0.4, 0.5) is 0 Å². The van der Waals surface area contributed by atoms with E-state index >= 15 is 0 Å². The van der Waals surface area contributed by atoms with Crippen molar-refractivity contribution < 1.29 is 9.15 Å². The number of benzene rings is 1. The summed E-state index contributed by atoms with van der Waals surface area (Å²) in [6, 6.07) is 13.9. The van der Waals surface area contributed by atoms with Crippen molar-refractivity contribution in [1.29, 1.82) is 0 Å². The lowest BCUT2D eigenvalue weighted by Crippen LogP contribution is -2.02. The summed E-state index contributed by atoms with van der Waals surface area (Å²) in [6.07, 6.45) is 8.33. The second-order valence-corrected chi connectivity index (χ2v) is 6.32. The Morgan fingerprint density at radius 2 is 1.84 bits per heavy atom. The maximum absolute atomic E-state index is 6.05. The zero-order valence-electron chi connectivity index (χ0n) is 13.7. The summed E-state index contributed by atoms with van der Waals surface area (Å²) in [4.78, 5) is 4.51. The van der Waals surface area contributed by atoms with E-state index < -0.39 is 0 Å². The molecule has 0 unspecified atom stereocenters. The number of rotatable bonds is 3. The minimum Gasteiger partial charge on any atom is -0.461 e. The molecular formula is C20H17N3O2. The van der Waals surface area contributed by atoms with Crippen LogP contribution >= 0.6 is 0 Å². The third-order valence-electron chi connectivity index (χ3n) is 4.61. The van der Waals surface area contributed by atoms with E-state index in [9.17, 15) is 0 Å². The van der Waals surface area contributed by atoms with Gasteiger partial charge in [-0.3, -0.25) is 0 Å². The molecule has 0 aliphatic heterocycles. The van der Waals surface area contributed by atoms with Crippen molar-refractivity contribution in [3.05, 3.63) is 66.1 Å². The van der Waals surface area contributed by atoms with E-state index in [0.29, 0.717) is 11.6 Å². The van der Waals surface area contributed by atoms with Crippen molar-refractivity contribution in [2.24, 2.45) is 0 Å². The molecule has 4 aromatic rings. The predicted molar refractivity (Wildman–Crippen MR) is 93.8 cm³/mol. The van der Waals surface area contributed by atoms with Crippen LogP contribution in [0.3, 0.4) is 0 Å². The Hall–Kier alpha value is -3.08. The van der Waals surface area contributed by atoms with E-state index in [1.54, 1.807) is 10.8 Å². The molecule has 0 fully saturated rings. The Morgan fingerprint density at radius 1 is 0.960 bits per heavy atom. The van der Waals surface area contributed by atoms with Gasteiger partial charge in [-0.25, -0.2) is 9.50 Å². The fraction of sp³-hybridized carbons (Fsp3) is 0.200. The largest absolute Gasteiger partial charge is 0.461 e. The van der Waals surface area contributed by atoms with Crippen LogP contribution in [0.15, 0.2) is 59.3 Å². The number of furan rings is 1. The molecule has 0 saturated heterocycles. The summed E-state index contributed by atoms with van der Waals surface area (Å²) in [5.41, 5.74) is 3.59. The van der Waals surface area contributed by atoms with E-state index in [1.165, 1.54) is 30.4 Å². The van der Waals surface area contributed by atoms with Crippen molar-refractivity contribution in [2.75, 3.05) is 0 Å². The summed E-state index contributed by atoms with van der Waals surface area (Å²) in [7, 11) is 0. The van der Waals surface area contributed by atoms with Gasteiger partial charge in [0.2, 0.25) is 5.82 Å². The molecule has 1 aromatic carbocycles. The molecule has 0 amide bonds. The van der Waals surface area contributed by atoms with Crippen molar-refractivity contribution in [3.8, 4) is 23.1 Å². The molecule has 5 heteroatoms. The first-order valence-corrected chi connectivity index (χ1v) is 8.55. The van der Waals surface area contributed by atoms with E-state index in [0.717, 1.165) is 23.6 Å². The number of aromatic nitrogens is 3. The van der Waals surface area contributed by atoms with Crippen LogP contribution in [0.5, 0.6) is 11.5 Å². The van der Waals surface area contributed by atoms with Crippen molar-refractivity contribution >= 4 is 5.65 Å². The molecule has 1 aliphatic rings. The minimum atomic E-state index is 0.566. The van der Waals surface area contributed by atoms with Gasteiger partial charge in [0.1, 0.15) is 11.5 Å². The topological polar surface area (TPSA) is 52.6 Å². The highest BCUT2D eigenvalue weighted by atomic mass is 16.5. The summed E-state index contributed by atoms with van der Waals surface area (Å²) >= 11 is 0. The third-order valence-corrected chi connectivity index (χ3v) is 4.61. The molecule has 3 aromatic heterocycles. The average molecular weight is 331 g/mol. The molecule has 1 aliphatic carbocycles. The van der Waals surface area contributed by atoms with Gasteiger partial charge in [0.15, 0.2) is 11.4 Å². The van der Waals surface area contributed by atoms with Crippen LogP contribution in [-0.2, 0) is 12.8 Å². The minimum absolute atomic E-state index is 0.566. The van der Waals surface area contributed by atoms with Crippen LogP contribution in [0, 0.1) is 0 Å². The molecule has 124 valence electrons. The molecule has 25 heavy (non-hydrogen) atoms. The maximum Gasteiger partial charge on any atom is 0.217 e. The quantitative estimate of drug-likeness (QED) is 0.548. The Kier molecular flexibility index (Phi) is 3.30. The Labute approximate surface area is 144 Å². The summed E-state index contributed by atoms with van der Waals surface area (Å²) in [5.74, 6) is 2.84. The lowest BCUT2D eigenvalue weighted by molar-refractivity contribution is 0.480. The van der Waals surface area contributed by atoms with Gasteiger partial charge in [0.25, 0.3) is 0 Å². The van der Waals surface area contributed by atoms with Crippen molar-refractivity contribution in [2.45, 2.75) is 25.7 Å². The standard InChI is InChI=1S/C20H17N3O2/c1-2-5-15-12-16(8-7-14(15)4-1)25-17-9-10-23-19(13-17)21-20(22-23)18-6-3-11-24-18/h3,6-13H,1-2,4-5H2. The Morgan fingerprint density at radius 3 is 2.72 bits per heavy atom. The number of pyridine rings is 1. The number of hydrogen-bond acceptors (Lipinski definition) is 4. The molecular weight excluding hydrogens is 314 g/mol. The molecule has 0 N–H and O–H groups in total. The number of aryl methyl sites for hydroxylation is 2. The zero-order chi connectivity index (χ0) is 16.6. The van der Waals surface area contributed by atoms with Crippen LogP contribution in [0.2, 0.25) is 0 Å². The first kappa shape index (κ1) is 14.3. The molecule has 0 saturated carbocycles.